The first-order chi connectivity index (χ1) is 9.33. The van der Waals surface area contributed by atoms with Crippen LogP contribution in [-0.4, -0.2) is 26.2 Å². The lowest BCUT2D eigenvalue weighted by Gasteiger charge is -1.97. The van der Waals surface area contributed by atoms with Crippen LogP contribution >= 0.6 is 15.9 Å². The molecular formula is C17H33BrO4. The van der Waals surface area contributed by atoms with Gasteiger partial charge in [-0.25, -0.2) is 0 Å². The Morgan fingerprint density at radius 2 is 1.23 bits per heavy atom. The first kappa shape index (κ1) is 29.0. The van der Waals surface area contributed by atoms with Gasteiger partial charge in [-0.1, -0.05) is 42.9 Å². The zero-order valence-electron chi connectivity index (χ0n) is 12.7. The molecule has 0 saturated heterocycles. The molecule has 0 radical (unpaired) electrons. The molecule has 0 amide bonds. The van der Waals surface area contributed by atoms with Gasteiger partial charge in [0.25, 0.3) is 0 Å². The lowest BCUT2D eigenvalue weighted by atomic mass is 10.1. The molecule has 0 atom stereocenters. The zero-order valence-corrected chi connectivity index (χ0v) is 14.3. The molecule has 132 valence electrons. The molecule has 0 saturated carbocycles. The Morgan fingerprint density at radius 3 is 1.50 bits per heavy atom. The van der Waals surface area contributed by atoms with Crippen molar-refractivity contribution in [1.82, 2.24) is 0 Å². The quantitative estimate of drug-likeness (QED) is 0.416. The molecule has 0 rings (SSSR count). The fraction of sp³-hybridized carbons (Fsp3) is 0.647. The Kier molecular flexibility index (Phi) is 26.2. The number of hydrogen-bond acceptors (Lipinski definition) is 4. The average Bonchev–Trinajstić information content (AvgIpc) is 2.38. The Morgan fingerprint density at radius 1 is 0.864 bits per heavy atom. The molecule has 0 aliphatic carbocycles. The molecule has 5 heteroatoms. The van der Waals surface area contributed by atoms with E-state index in [1.807, 2.05) is 6.92 Å². The smallest absolute Gasteiger partial charge is 0.305 e. The topological polar surface area (TPSA) is 52.6 Å². The van der Waals surface area contributed by atoms with E-state index in [0.29, 0.717) is 12.8 Å². The number of carbonyl (C=O) groups excluding carboxylic acids is 2. The third kappa shape index (κ3) is 27.3. The standard InChI is InChI=1S/C8H14O2.C7H11BrO2.2CH4/c1-7(2)5-4-6-8(9)10-3;1-6(8)4-3-5-7(9)10-2;;/h1,4-6H2,2-3H3;1,3-5H2,2H3;2*1H4. The molecule has 0 spiro atoms. The van der Waals surface area contributed by atoms with E-state index >= 15 is 0 Å². The number of ether oxygens (including phenoxy) is 2. The molecule has 0 aliphatic heterocycles. The van der Waals surface area contributed by atoms with Crippen LogP contribution in [0.1, 0.15) is 60.3 Å². The van der Waals surface area contributed by atoms with Crippen LogP contribution in [0.5, 0.6) is 0 Å². The van der Waals surface area contributed by atoms with Gasteiger partial charge in [0.15, 0.2) is 0 Å². The van der Waals surface area contributed by atoms with Crippen molar-refractivity contribution in [1.29, 1.82) is 0 Å². The monoisotopic (exact) mass is 380 g/mol. The highest BCUT2D eigenvalue weighted by Crippen LogP contribution is 2.11. The minimum Gasteiger partial charge on any atom is -0.469 e. The van der Waals surface area contributed by atoms with Crippen molar-refractivity contribution in [2.45, 2.75) is 60.3 Å². The van der Waals surface area contributed by atoms with Crippen molar-refractivity contribution < 1.29 is 19.1 Å². The van der Waals surface area contributed by atoms with E-state index < -0.39 is 0 Å². The second-order valence-corrected chi connectivity index (χ2v) is 5.46. The third-order valence-electron chi connectivity index (χ3n) is 2.27. The predicted octanol–water partition coefficient (Wildman–Crippen LogP) is 5.42. The number of hydrogen-bond donors (Lipinski definition) is 0. The third-order valence-corrected chi connectivity index (χ3v) is 2.67. The van der Waals surface area contributed by atoms with Crippen molar-refractivity contribution >= 4 is 27.9 Å². The summed E-state index contributed by atoms with van der Waals surface area (Å²) in [5, 5.41) is 0. The van der Waals surface area contributed by atoms with E-state index in [4.69, 9.17) is 0 Å². The van der Waals surface area contributed by atoms with E-state index in [2.05, 4.69) is 38.6 Å². The molecule has 0 N–H and O–H groups in total. The summed E-state index contributed by atoms with van der Waals surface area (Å²) in [5.41, 5.74) is 1.11. The summed E-state index contributed by atoms with van der Waals surface area (Å²) in [5.74, 6) is -0.296. The van der Waals surface area contributed by atoms with Crippen molar-refractivity contribution in [3.63, 3.8) is 0 Å². The number of esters is 2. The summed E-state index contributed by atoms with van der Waals surface area (Å²) in [6, 6.07) is 0. The van der Waals surface area contributed by atoms with Gasteiger partial charge in [0.1, 0.15) is 0 Å². The summed E-state index contributed by atoms with van der Waals surface area (Å²) in [6.45, 7) is 9.32. The van der Waals surface area contributed by atoms with Gasteiger partial charge in [-0.3, -0.25) is 9.59 Å². The maximum Gasteiger partial charge on any atom is 0.305 e. The molecule has 22 heavy (non-hydrogen) atoms. The molecule has 0 aliphatic rings. The number of halogens is 1. The molecule has 0 bridgehead atoms. The second kappa shape index (κ2) is 19.9. The van der Waals surface area contributed by atoms with Crippen LogP contribution in [0.25, 0.3) is 0 Å². The lowest BCUT2D eigenvalue weighted by Crippen LogP contribution is -1.99. The largest absolute Gasteiger partial charge is 0.469 e. The fourth-order valence-electron chi connectivity index (χ4n) is 1.16. The van der Waals surface area contributed by atoms with Gasteiger partial charge in [0.2, 0.25) is 0 Å². The van der Waals surface area contributed by atoms with Crippen molar-refractivity contribution in [2.75, 3.05) is 14.2 Å². The SMILES string of the molecule is C.C.C=C(Br)CCCC(=O)OC.C=C(C)CCCC(=O)OC. The van der Waals surface area contributed by atoms with Crippen LogP contribution in [-0.2, 0) is 19.1 Å². The Bertz CT molecular complexity index is 293. The Labute approximate surface area is 145 Å². The molecule has 0 fully saturated rings. The first-order valence-corrected chi connectivity index (χ1v) is 7.24. The van der Waals surface area contributed by atoms with Crippen LogP contribution in [0.3, 0.4) is 0 Å². The second-order valence-electron chi connectivity index (χ2n) is 4.33. The highest BCUT2D eigenvalue weighted by Gasteiger charge is 1.99. The van der Waals surface area contributed by atoms with Crippen LogP contribution < -0.4 is 0 Å². The van der Waals surface area contributed by atoms with Crippen LogP contribution in [0.4, 0.5) is 0 Å². The normalized spacial score (nSPS) is 8.18. The summed E-state index contributed by atoms with van der Waals surface area (Å²) < 4.78 is 9.84. The number of allylic oxidation sites excluding steroid dienone is 2. The van der Waals surface area contributed by atoms with Gasteiger partial charge >= 0.3 is 11.9 Å². The maximum absolute atomic E-state index is 10.5. The van der Waals surface area contributed by atoms with Gasteiger partial charge in [0, 0.05) is 12.8 Å². The molecule has 0 aromatic heterocycles. The van der Waals surface area contributed by atoms with Gasteiger partial charge < -0.3 is 9.47 Å². The Hall–Kier alpha value is -1.10. The minimum atomic E-state index is -0.159. The highest BCUT2D eigenvalue weighted by atomic mass is 79.9. The minimum absolute atomic E-state index is 0. The van der Waals surface area contributed by atoms with Crippen molar-refractivity contribution in [3.05, 3.63) is 23.2 Å². The Balaban J connectivity index is -0.000000135. The first-order valence-electron chi connectivity index (χ1n) is 6.44. The zero-order chi connectivity index (χ0) is 16.0. The highest BCUT2D eigenvalue weighted by molar-refractivity contribution is 9.11. The number of carbonyl (C=O) groups is 2. The van der Waals surface area contributed by atoms with Gasteiger partial charge in [-0.2, -0.15) is 0 Å². The van der Waals surface area contributed by atoms with E-state index in [9.17, 15) is 9.59 Å². The molecule has 0 aromatic carbocycles. The van der Waals surface area contributed by atoms with E-state index in [0.717, 1.165) is 35.7 Å². The molecule has 0 heterocycles. The summed E-state index contributed by atoms with van der Waals surface area (Å²) in [4.78, 5) is 21.1. The molecular weight excluding hydrogens is 348 g/mol. The van der Waals surface area contributed by atoms with Crippen LogP contribution in [0.15, 0.2) is 23.2 Å². The van der Waals surface area contributed by atoms with E-state index in [-0.39, 0.29) is 26.8 Å². The van der Waals surface area contributed by atoms with Gasteiger partial charge in [-0.05, 0) is 37.1 Å². The molecule has 0 aromatic rings. The van der Waals surface area contributed by atoms with Crippen LogP contribution in [0.2, 0.25) is 0 Å². The van der Waals surface area contributed by atoms with Gasteiger partial charge in [0.05, 0.1) is 14.2 Å². The van der Waals surface area contributed by atoms with E-state index in [1.165, 1.54) is 14.2 Å². The predicted molar refractivity (Wildman–Crippen MR) is 98.1 cm³/mol. The summed E-state index contributed by atoms with van der Waals surface area (Å²) in [7, 11) is 2.80. The van der Waals surface area contributed by atoms with Crippen molar-refractivity contribution in [3.8, 4) is 0 Å². The summed E-state index contributed by atoms with van der Waals surface area (Å²) in [6.07, 6.45) is 4.37. The summed E-state index contributed by atoms with van der Waals surface area (Å²) >= 11 is 3.20. The maximum atomic E-state index is 10.5. The average molecular weight is 381 g/mol. The van der Waals surface area contributed by atoms with Crippen LogP contribution in [0, 0.1) is 0 Å². The van der Waals surface area contributed by atoms with Gasteiger partial charge in [-0.15, -0.1) is 6.58 Å². The van der Waals surface area contributed by atoms with E-state index in [1.54, 1.807) is 0 Å². The molecule has 0 unspecified atom stereocenters. The molecule has 4 nitrogen and oxygen atoms in total. The number of methoxy groups -OCH3 is 2. The van der Waals surface area contributed by atoms with Crippen molar-refractivity contribution in [2.24, 2.45) is 0 Å². The fourth-order valence-corrected chi connectivity index (χ4v) is 1.44. The lowest BCUT2D eigenvalue weighted by molar-refractivity contribution is -0.141. The number of rotatable bonds is 8.